The zero-order chi connectivity index (χ0) is 37.9. The van der Waals surface area contributed by atoms with Crippen LogP contribution in [0.15, 0.2) is 23.3 Å². The second kappa shape index (κ2) is 23.1. The first-order chi connectivity index (χ1) is 24.3. The normalized spacial score (nSPS) is 26.6. The largest absolute Gasteiger partial charge is 0.467 e. The third-order valence-corrected chi connectivity index (χ3v) is 9.41. The Morgan fingerprint density at radius 1 is 0.922 bits per heavy atom. The maximum Gasteiger partial charge on any atom is 0.253 e. The number of carbonyl (C=O) groups is 5. The van der Waals surface area contributed by atoms with Gasteiger partial charge in [0, 0.05) is 38.9 Å². The Kier molecular flexibility index (Phi) is 19.8. The van der Waals surface area contributed by atoms with Crippen LogP contribution in [-0.2, 0) is 33.4 Å². The fraction of sp³-hybridized carbons (Fsp3) is 0.757. The van der Waals surface area contributed by atoms with Gasteiger partial charge in [-0.2, -0.15) is 0 Å². The van der Waals surface area contributed by atoms with Crippen LogP contribution >= 0.6 is 0 Å². The van der Waals surface area contributed by atoms with E-state index in [0.717, 1.165) is 44.9 Å². The number of aliphatic hydroxyl groups excluding tert-OH is 1. The molecule has 0 aromatic rings. The van der Waals surface area contributed by atoms with E-state index >= 15 is 0 Å². The average molecular weight is 721 g/mol. The summed E-state index contributed by atoms with van der Waals surface area (Å²) in [5.74, 6) is -2.42. The molecule has 0 spiro atoms. The first-order valence-electron chi connectivity index (χ1n) is 18.7. The van der Waals surface area contributed by atoms with Crippen molar-refractivity contribution in [2.45, 2.75) is 136 Å². The number of aliphatic hydroxyl groups is 1. The second-order valence-electron chi connectivity index (χ2n) is 14.2. The van der Waals surface area contributed by atoms with E-state index in [1.807, 2.05) is 13.8 Å². The summed E-state index contributed by atoms with van der Waals surface area (Å²) in [5, 5.41) is 20.2. The molecule has 2 rings (SSSR count). The van der Waals surface area contributed by atoms with Gasteiger partial charge in [-0.15, -0.1) is 0 Å². The molecule has 1 aliphatic heterocycles. The van der Waals surface area contributed by atoms with E-state index in [9.17, 15) is 24.0 Å². The number of nitrogens with zero attached hydrogens (tertiary/aromatic N) is 1. The molecule has 0 saturated heterocycles. The molecule has 1 saturated carbocycles. The van der Waals surface area contributed by atoms with Crippen LogP contribution in [-0.4, -0.2) is 97.1 Å². The number of rotatable bonds is 14. The summed E-state index contributed by atoms with van der Waals surface area (Å²) in [6.07, 6.45) is 10.5. The van der Waals surface area contributed by atoms with E-state index < -0.39 is 47.8 Å². The molecule has 1 aliphatic carbocycles. The number of hydrogen-bond acceptors (Lipinski definition) is 9. The molecule has 4 atom stereocenters. The van der Waals surface area contributed by atoms with E-state index in [1.54, 1.807) is 20.9 Å². The summed E-state index contributed by atoms with van der Waals surface area (Å²) in [5.41, 5.74) is 6.62. The second-order valence-corrected chi connectivity index (χ2v) is 14.2. The molecule has 0 bridgehead atoms. The first kappa shape index (κ1) is 43.7. The van der Waals surface area contributed by atoms with Crippen LogP contribution in [0.5, 0.6) is 0 Å². The van der Waals surface area contributed by atoms with Gasteiger partial charge in [0.05, 0.1) is 12.2 Å². The van der Waals surface area contributed by atoms with Crippen molar-refractivity contribution >= 4 is 29.5 Å². The Hall–Kier alpha value is -3.49. The molecular weight excluding hydrogens is 656 g/mol. The molecule has 1 fully saturated rings. The number of ether oxygens (including phenoxy) is 2. The number of likely N-dealkylation sites (N-methyl/N-ethyl adjacent to an activating group) is 1. The van der Waals surface area contributed by atoms with Gasteiger partial charge in [0.15, 0.2) is 0 Å². The van der Waals surface area contributed by atoms with E-state index in [4.69, 9.17) is 20.3 Å². The van der Waals surface area contributed by atoms with Crippen LogP contribution in [0.2, 0.25) is 0 Å². The lowest BCUT2D eigenvalue weighted by atomic mass is 9.83. The molecule has 4 unspecified atom stereocenters. The molecule has 0 aromatic heterocycles. The molecule has 14 heteroatoms. The zero-order valence-corrected chi connectivity index (χ0v) is 31.7. The van der Waals surface area contributed by atoms with Crippen LogP contribution in [0.3, 0.4) is 0 Å². The number of nitrogens with two attached hydrogens (primary N) is 1. The van der Waals surface area contributed by atoms with Crippen LogP contribution in [0.4, 0.5) is 0 Å². The van der Waals surface area contributed by atoms with Gasteiger partial charge in [0.25, 0.3) is 5.91 Å². The van der Waals surface area contributed by atoms with Gasteiger partial charge >= 0.3 is 0 Å². The molecule has 0 radical (unpaired) electrons. The Labute approximate surface area is 304 Å². The molecule has 1 heterocycles. The topological polar surface area (TPSA) is 201 Å². The lowest BCUT2D eigenvalue weighted by Gasteiger charge is -2.34. The van der Waals surface area contributed by atoms with Gasteiger partial charge in [0.2, 0.25) is 23.6 Å². The zero-order valence-electron chi connectivity index (χ0n) is 31.7. The fourth-order valence-electron chi connectivity index (χ4n) is 6.36. The lowest BCUT2D eigenvalue weighted by molar-refractivity contribution is -0.139. The summed E-state index contributed by atoms with van der Waals surface area (Å²) < 4.78 is 11.6. The summed E-state index contributed by atoms with van der Waals surface area (Å²) in [7, 11) is 1.59. The molecule has 290 valence electrons. The van der Waals surface area contributed by atoms with Crippen molar-refractivity contribution in [1.29, 1.82) is 0 Å². The average Bonchev–Trinajstić information content (AvgIpc) is 3.11. The van der Waals surface area contributed by atoms with Gasteiger partial charge in [-0.05, 0) is 57.8 Å². The van der Waals surface area contributed by atoms with Crippen molar-refractivity contribution in [3.63, 3.8) is 0 Å². The highest BCUT2D eigenvalue weighted by Crippen LogP contribution is 2.28. The Balaban J connectivity index is 2.63. The number of allylic oxidation sites excluding steroid dienone is 2. The summed E-state index contributed by atoms with van der Waals surface area (Å²) in [4.78, 5) is 70.5. The van der Waals surface area contributed by atoms with Gasteiger partial charge < -0.3 is 46.5 Å². The highest BCUT2D eigenvalue weighted by atomic mass is 16.5. The lowest BCUT2D eigenvalue weighted by Crippen LogP contribution is -2.61. The van der Waals surface area contributed by atoms with Crippen LogP contribution in [0.25, 0.3) is 0 Å². The summed E-state index contributed by atoms with van der Waals surface area (Å²) in [6.45, 7) is 8.89. The highest BCUT2D eigenvalue weighted by molar-refractivity contribution is 5.98. The van der Waals surface area contributed by atoms with Crippen molar-refractivity contribution in [1.82, 2.24) is 26.2 Å². The van der Waals surface area contributed by atoms with Crippen molar-refractivity contribution in [2.24, 2.45) is 17.6 Å². The highest BCUT2D eigenvalue weighted by Gasteiger charge is 2.37. The van der Waals surface area contributed by atoms with Crippen LogP contribution < -0.4 is 27.0 Å². The molecule has 2 aliphatic rings. The summed E-state index contributed by atoms with van der Waals surface area (Å²) >= 11 is 0. The van der Waals surface area contributed by atoms with Crippen molar-refractivity contribution < 1.29 is 38.6 Å². The number of nitrogens with one attached hydrogen (secondary N) is 4. The quantitative estimate of drug-likeness (QED) is 0.146. The number of carbonyl (C=O) groups excluding carboxylic acids is 5. The van der Waals surface area contributed by atoms with Gasteiger partial charge in [0.1, 0.15) is 36.2 Å². The molecule has 51 heavy (non-hydrogen) atoms. The predicted octanol–water partition coefficient (Wildman–Crippen LogP) is 2.50. The van der Waals surface area contributed by atoms with E-state index in [2.05, 4.69) is 28.2 Å². The third-order valence-electron chi connectivity index (χ3n) is 9.41. The molecule has 7 N–H and O–H groups in total. The maximum atomic E-state index is 14.1. The van der Waals surface area contributed by atoms with E-state index in [-0.39, 0.29) is 44.1 Å². The molecular formula is C37H64N6O8. The fourth-order valence-corrected chi connectivity index (χ4v) is 6.36. The van der Waals surface area contributed by atoms with Crippen LogP contribution in [0.1, 0.15) is 112 Å². The standard InChI is InChI=1S/C37H64N6O8/c1-7-8-9-13-17-31-26(5)37(49)43(6)30(20-24(2)3)35(47)42-32(27-15-11-10-12-16-27)36(48)40-28(21-38)33(45)41-29(23-50-19-14-18-44)34(46)39-25(4)22-51-31/h22,24,27-30,32,44H,7-21,23,38H2,1-6H3,(H,39,46)(H,40,48)(H,41,45)(H,42,47)/b25-22-,31-26-. The van der Waals surface area contributed by atoms with Crippen molar-refractivity contribution in [3.8, 4) is 0 Å². The summed E-state index contributed by atoms with van der Waals surface area (Å²) in [6, 6.07) is -4.25. The Bertz CT molecular complexity index is 1220. The van der Waals surface area contributed by atoms with E-state index in [1.165, 1.54) is 11.2 Å². The number of hydrogen-bond donors (Lipinski definition) is 6. The minimum Gasteiger partial charge on any atom is -0.467 e. The number of unbranched alkanes of at least 4 members (excludes halogenated alkanes) is 3. The molecule has 5 amide bonds. The smallest absolute Gasteiger partial charge is 0.253 e. The van der Waals surface area contributed by atoms with Crippen LogP contribution in [0, 0.1) is 11.8 Å². The van der Waals surface area contributed by atoms with E-state index in [0.29, 0.717) is 49.1 Å². The number of amides is 5. The van der Waals surface area contributed by atoms with Gasteiger partial charge in [-0.3, -0.25) is 24.0 Å². The minimum atomic E-state index is -1.21. The third kappa shape index (κ3) is 14.6. The van der Waals surface area contributed by atoms with Crippen molar-refractivity contribution in [2.75, 3.05) is 33.4 Å². The Morgan fingerprint density at radius 3 is 2.24 bits per heavy atom. The van der Waals surface area contributed by atoms with Crippen molar-refractivity contribution in [3.05, 3.63) is 23.3 Å². The Morgan fingerprint density at radius 2 is 1.61 bits per heavy atom. The molecule has 14 nitrogen and oxygen atoms in total. The monoisotopic (exact) mass is 720 g/mol. The first-order valence-corrected chi connectivity index (χ1v) is 18.7. The minimum absolute atomic E-state index is 0.0497. The molecule has 0 aromatic carbocycles. The van der Waals surface area contributed by atoms with Gasteiger partial charge in [-0.25, -0.2) is 0 Å². The van der Waals surface area contributed by atoms with Gasteiger partial charge in [-0.1, -0.05) is 59.3 Å². The maximum absolute atomic E-state index is 14.1. The SMILES string of the molecule is CCCCCC/C1=C(\C)C(=O)N(C)C(CC(C)C)C(=O)NC(C2CCCCC2)C(=O)NC(CN)C(=O)NC(COCCCO)C(=O)N/C(C)=C\O1. The predicted molar refractivity (Wildman–Crippen MR) is 194 cm³/mol.